The Labute approximate surface area is 231 Å². The van der Waals surface area contributed by atoms with Gasteiger partial charge in [-0.25, -0.2) is 8.42 Å². The van der Waals surface area contributed by atoms with Crippen LogP contribution in [-0.2, 0) is 14.6 Å². The molecule has 1 unspecified atom stereocenters. The van der Waals surface area contributed by atoms with E-state index < -0.39 is 21.1 Å². The molecule has 1 aromatic carbocycles. The molecule has 214 valence electrons. The minimum Gasteiger partial charge on any atom is -0.340 e. The van der Waals surface area contributed by atoms with Gasteiger partial charge in [0.2, 0.25) is 11.7 Å². The minimum absolute atomic E-state index is 0.0746. The number of hydrogen-bond donors (Lipinski definition) is 2. The monoisotopic (exact) mass is 559 g/mol. The fourth-order valence-electron chi connectivity index (χ4n) is 6.14. The molecule has 0 spiro atoms. The van der Waals surface area contributed by atoms with E-state index in [0.29, 0.717) is 42.0 Å². The van der Waals surface area contributed by atoms with E-state index >= 15 is 0 Å². The van der Waals surface area contributed by atoms with Crippen LogP contribution in [0.1, 0.15) is 70.7 Å². The highest BCUT2D eigenvalue weighted by atomic mass is 32.2. The second-order valence-electron chi connectivity index (χ2n) is 11.3. The van der Waals surface area contributed by atoms with Crippen molar-refractivity contribution < 1.29 is 18.0 Å². The summed E-state index contributed by atoms with van der Waals surface area (Å²) >= 11 is 0. The highest BCUT2D eigenvalue weighted by molar-refractivity contribution is 7.91. The average Bonchev–Trinajstić information content (AvgIpc) is 3.55. The van der Waals surface area contributed by atoms with Gasteiger partial charge in [-0.1, -0.05) is 19.1 Å². The number of amides is 2. The normalized spacial score (nSPS) is 24.2. The molecule has 1 saturated heterocycles. The lowest BCUT2D eigenvalue weighted by Gasteiger charge is -2.45. The Morgan fingerprint density at radius 1 is 1.21 bits per heavy atom. The Morgan fingerprint density at radius 3 is 2.62 bits per heavy atom. The molecule has 1 aliphatic heterocycles. The molecule has 12 heteroatoms. The van der Waals surface area contributed by atoms with Gasteiger partial charge in [0.15, 0.2) is 9.84 Å². The predicted octanol–water partition coefficient (Wildman–Crippen LogP) is 2.29. The van der Waals surface area contributed by atoms with E-state index in [4.69, 9.17) is 0 Å². The van der Waals surface area contributed by atoms with Gasteiger partial charge in [0, 0.05) is 35.8 Å². The lowest BCUT2D eigenvalue weighted by atomic mass is 9.80. The summed E-state index contributed by atoms with van der Waals surface area (Å²) in [6.07, 6.45) is 2.90. The predicted molar refractivity (Wildman–Crippen MR) is 149 cm³/mol. The maximum atomic E-state index is 13.6. The molecule has 2 amide bonds. The van der Waals surface area contributed by atoms with E-state index in [1.165, 1.54) is 0 Å². The molecular weight excluding hydrogens is 518 g/mol. The van der Waals surface area contributed by atoms with E-state index in [1.807, 2.05) is 4.90 Å². The van der Waals surface area contributed by atoms with Crippen molar-refractivity contribution in [1.82, 2.24) is 35.7 Å². The highest BCUT2D eigenvalue weighted by Gasteiger charge is 2.44. The van der Waals surface area contributed by atoms with E-state index in [0.717, 1.165) is 25.8 Å². The summed E-state index contributed by atoms with van der Waals surface area (Å²) < 4.78 is 26.0. The highest BCUT2D eigenvalue weighted by Crippen LogP contribution is 2.35. The molecule has 11 nitrogen and oxygen atoms in total. The average molecular weight is 560 g/mol. The summed E-state index contributed by atoms with van der Waals surface area (Å²) in [5.41, 5.74) is 1.04. The SMILES string of the molecule is CCN(C(C)C)[C@@H]1CC[C@H](N2CCC(NC(=O)c3cccc(-c4nn[nH]n4)c3)C2=O)[C@H](CS(=O)(=O)C(C)C)C1. The summed E-state index contributed by atoms with van der Waals surface area (Å²) in [5.74, 6) is -0.174. The smallest absolute Gasteiger partial charge is 0.251 e. The topological polar surface area (TPSA) is 141 Å². The van der Waals surface area contributed by atoms with Gasteiger partial charge in [-0.2, -0.15) is 5.21 Å². The molecule has 1 saturated carbocycles. The lowest BCUT2D eigenvalue weighted by Crippen LogP contribution is -2.54. The number of nitrogens with zero attached hydrogens (tertiary/aromatic N) is 5. The molecule has 2 heterocycles. The number of aromatic nitrogens is 4. The standard InChI is InChI=1S/C27H41N7O4S/c1-6-33(17(2)3)22-10-11-24(21(15-22)16-39(37,38)18(4)5)34-13-12-23(27(34)36)28-26(35)20-9-7-8-19(14-20)25-29-31-32-30-25/h7-9,14,17-18,21-24H,6,10-13,15-16H2,1-5H3,(H,28,35)(H,29,30,31,32)/t21-,22+,23?,24-/m0/s1. The van der Waals surface area contributed by atoms with Gasteiger partial charge in [0.05, 0.1) is 11.0 Å². The number of aromatic amines is 1. The molecule has 1 aliphatic carbocycles. The number of sulfone groups is 1. The van der Waals surface area contributed by atoms with E-state index in [1.54, 1.807) is 38.1 Å². The third-order valence-electron chi connectivity index (χ3n) is 8.25. The van der Waals surface area contributed by atoms with Crippen LogP contribution in [0.25, 0.3) is 11.4 Å². The van der Waals surface area contributed by atoms with Gasteiger partial charge in [-0.3, -0.25) is 14.5 Å². The molecule has 1 aromatic heterocycles. The van der Waals surface area contributed by atoms with Crippen molar-refractivity contribution in [2.24, 2.45) is 5.92 Å². The molecule has 4 rings (SSSR count). The maximum absolute atomic E-state index is 13.6. The number of carbonyl (C=O) groups is 2. The van der Waals surface area contributed by atoms with Gasteiger partial charge in [-0.15, -0.1) is 10.2 Å². The van der Waals surface area contributed by atoms with Crippen molar-refractivity contribution in [3.05, 3.63) is 29.8 Å². The van der Waals surface area contributed by atoms with Crippen LogP contribution in [0.4, 0.5) is 0 Å². The quantitative estimate of drug-likeness (QED) is 0.452. The number of benzene rings is 1. The van der Waals surface area contributed by atoms with Gasteiger partial charge in [-0.05, 0) is 83.2 Å². The molecule has 2 aromatic rings. The second kappa shape index (κ2) is 12.1. The van der Waals surface area contributed by atoms with Crippen LogP contribution in [0.3, 0.4) is 0 Å². The first-order valence-corrected chi connectivity index (χ1v) is 15.7. The van der Waals surface area contributed by atoms with Crippen LogP contribution in [0.5, 0.6) is 0 Å². The maximum Gasteiger partial charge on any atom is 0.251 e. The third kappa shape index (κ3) is 6.49. The van der Waals surface area contributed by atoms with Crippen LogP contribution >= 0.6 is 0 Å². The molecule has 39 heavy (non-hydrogen) atoms. The first kappa shape index (κ1) is 29.1. The number of rotatable bonds is 10. The van der Waals surface area contributed by atoms with Crippen LogP contribution < -0.4 is 5.32 Å². The van der Waals surface area contributed by atoms with Gasteiger partial charge < -0.3 is 10.2 Å². The molecule has 2 fully saturated rings. The minimum atomic E-state index is -3.29. The van der Waals surface area contributed by atoms with Crippen molar-refractivity contribution in [2.45, 2.75) is 89.7 Å². The fraction of sp³-hybridized carbons (Fsp3) is 0.667. The van der Waals surface area contributed by atoms with Crippen molar-refractivity contribution in [1.29, 1.82) is 0 Å². The zero-order valence-electron chi connectivity index (χ0n) is 23.5. The number of likely N-dealkylation sites (tertiary alicyclic amines) is 1. The second-order valence-corrected chi connectivity index (χ2v) is 13.9. The Bertz CT molecular complexity index is 1250. The van der Waals surface area contributed by atoms with Gasteiger partial charge >= 0.3 is 0 Å². The summed E-state index contributed by atoms with van der Waals surface area (Å²) in [5, 5.41) is 16.3. The summed E-state index contributed by atoms with van der Waals surface area (Å²) in [7, 11) is -3.29. The Balaban J connectivity index is 1.48. The van der Waals surface area contributed by atoms with E-state index in [2.05, 4.69) is 51.6 Å². The molecule has 2 aliphatic rings. The van der Waals surface area contributed by atoms with Crippen molar-refractivity contribution in [3.8, 4) is 11.4 Å². The van der Waals surface area contributed by atoms with Crippen molar-refractivity contribution in [2.75, 3.05) is 18.8 Å². The Hall–Kier alpha value is -2.86. The first-order chi connectivity index (χ1) is 18.5. The zero-order chi connectivity index (χ0) is 28.3. The fourth-order valence-corrected chi connectivity index (χ4v) is 7.48. The number of H-pyrrole nitrogens is 1. The number of tetrazole rings is 1. The summed E-state index contributed by atoms with van der Waals surface area (Å²) in [4.78, 5) is 30.9. The number of nitrogens with one attached hydrogen (secondary N) is 2. The molecule has 2 N–H and O–H groups in total. The summed E-state index contributed by atoms with van der Waals surface area (Å²) in [6, 6.07) is 6.72. The van der Waals surface area contributed by atoms with Gasteiger partial charge in [0.25, 0.3) is 5.91 Å². The van der Waals surface area contributed by atoms with Crippen molar-refractivity contribution >= 4 is 21.7 Å². The zero-order valence-corrected chi connectivity index (χ0v) is 24.3. The van der Waals surface area contributed by atoms with Gasteiger partial charge in [0.1, 0.15) is 6.04 Å². The van der Waals surface area contributed by atoms with E-state index in [-0.39, 0.29) is 29.5 Å². The van der Waals surface area contributed by atoms with E-state index in [9.17, 15) is 18.0 Å². The largest absolute Gasteiger partial charge is 0.340 e. The van der Waals surface area contributed by atoms with Crippen LogP contribution in [-0.4, -0.2) is 98.9 Å². The number of hydrogen-bond acceptors (Lipinski definition) is 8. The first-order valence-electron chi connectivity index (χ1n) is 13.9. The number of carbonyl (C=O) groups excluding carboxylic acids is 2. The van der Waals surface area contributed by atoms with Crippen LogP contribution in [0, 0.1) is 5.92 Å². The van der Waals surface area contributed by atoms with Crippen LogP contribution in [0.2, 0.25) is 0 Å². The molecule has 0 bridgehead atoms. The third-order valence-corrected chi connectivity index (χ3v) is 10.6. The molecular formula is C27H41N7O4S. The Kier molecular flexibility index (Phi) is 9.05. The Morgan fingerprint density at radius 2 is 1.97 bits per heavy atom. The summed E-state index contributed by atoms with van der Waals surface area (Å²) in [6.45, 7) is 11.3. The molecule has 4 atom stereocenters. The van der Waals surface area contributed by atoms with Crippen molar-refractivity contribution in [3.63, 3.8) is 0 Å². The van der Waals surface area contributed by atoms with Crippen LogP contribution in [0.15, 0.2) is 24.3 Å². The lowest BCUT2D eigenvalue weighted by molar-refractivity contribution is -0.133. The molecule has 0 radical (unpaired) electrons.